The van der Waals surface area contributed by atoms with Crippen molar-refractivity contribution in [3.8, 4) is 0 Å². The second-order valence-corrected chi connectivity index (χ2v) is 2.76. The van der Waals surface area contributed by atoms with Crippen molar-refractivity contribution in [2.24, 2.45) is 0 Å². The van der Waals surface area contributed by atoms with Crippen LogP contribution in [0.15, 0.2) is 10.6 Å². The van der Waals surface area contributed by atoms with Gasteiger partial charge in [-0.15, -0.1) is 0 Å². The third kappa shape index (κ3) is 1.64. The second kappa shape index (κ2) is 3.38. The summed E-state index contributed by atoms with van der Waals surface area (Å²) < 4.78 is 9.37. The van der Waals surface area contributed by atoms with Crippen LogP contribution in [0.25, 0.3) is 0 Å². The van der Waals surface area contributed by atoms with Gasteiger partial charge in [0, 0.05) is 12.0 Å². The van der Waals surface area contributed by atoms with Crippen molar-refractivity contribution in [2.75, 3.05) is 7.11 Å². The molecule has 4 heteroatoms. The van der Waals surface area contributed by atoms with Crippen LogP contribution in [0, 0.1) is 0 Å². The normalized spacial score (nSPS) is 10.3. The lowest BCUT2D eigenvalue weighted by molar-refractivity contribution is 0.0589. The Bertz CT molecular complexity index is 278. The van der Waals surface area contributed by atoms with Crippen LogP contribution in [0.4, 0.5) is 0 Å². The van der Waals surface area contributed by atoms with E-state index in [2.05, 4.69) is 9.89 Å². The van der Waals surface area contributed by atoms with Crippen molar-refractivity contribution in [3.05, 3.63) is 17.5 Å². The lowest BCUT2D eigenvalue weighted by atomic mass is 10.1. The number of hydrogen-bond donors (Lipinski definition) is 0. The van der Waals surface area contributed by atoms with Crippen LogP contribution < -0.4 is 0 Å². The Morgan fingerprint density at radius 1 is 1.67 bits per heavy atom. The summed E-state index contributed by atoms with van der Waals surface area (Å²) in [6.45, 7) is 3.92. The molecule has 0 unspecified atom stereocenters. The number of methoxy groups -OCH3 is 1. The highest BCUT2D eigenvalue weighted by atomic mass is 16.5. The Balaban J connectivity index is 2.84. The van der Waals surface area contributed by atoms with Crippen LogP contribution in [-0.4, -0.2) is 18.2 Å². The quantitative estimate of drug-likeness (QED) is 0.631. The van der Waals surface area contributed by atoms with Gasteiger partial charge in [0.2, 0.25) is 0 Å². The smallest absolute Gasteiger partial charge is 0.360 e. The van der Waals surface area contributed by atoms with Crippen LogP contribution >= 0.6 is 0 Å². The molecule has 0 aliphatic carbocycles. The van der Waals surface area contributed by atoms with E-state index in [1.54, 1.807) is 6.07 Å². The molecule has 0 atom stereocenters. The van der Waals surface area contributed by atoms with Gasteiger partial charge in [-0.1, -0.05) is 19.0 Å². The van der Waals surface area contributed by atoms with E-state index in [-0.39, 0.29) is 11.6 Å². The minimum Gasteiger partial charge on any atom is -0.464 e. The maximum absolute atomic E-state index is 10.9. The van der Waals surface area contributed by atoms with E-state index in [1.165, 1.54) is 7.11 Å². The lowest BCUT2D eigenvalue weighted by Crippen LogP contribution is -2.00. The first kappa shape index (κ1) is 8.77. The molecule has 0 bridgehead atoms. The van der Waals surface area contributed by atoms with Gasteiger partial charge in [0.15, 0.2) is 5.69 Å². The van der Waals surface area contributed by atoms with E-state index >= 15 is 0 Å². The molecule has 0 radical (unpaired) electrons. The first-order valence-corrected chi connectivity index (χ1v) is 3.70. The minimum absolute atomic E-state index is 0.223. The molecule has 12 heavy (non-hydrogen) atoms. The van der Waals surface area contributed by atoms with Crippen LogP contribution in [-0.2, 0) is 4.74 Å². The standard InChI is InChI=1S/C8H11NO3/c1-5(2)7-4-6(9-12-7)8(10)11-3/h4-5H,1-3H3. The van der Waals surface area contributed by atoms with Crippen LogP contribution in [0.3, 0.4) is 0 Å². The Morgan fingerprint density at radius 2 is 2.33 bits per heavy atom. The van der Waals surface area contributed by atoms with Gasteiger partial charge in [-0.05, 0) is 0 Å². The number of ether oxygens (including phenoxy) is 1. The number of nitrogens with zero attached hydrogens (tertiary/aromatic N) is 1. The third-order valence-electron chi connectivity index (χ3n) is 1.49. The number of carbonyl (C=O) groups excluding carboxylic acids is 1. The molecule has 0 spiro atoms. The summed E-state index contributed by atoms with van der Waals surface area (Å²) in [6.07, 6.45) is 0. The molecule has 66 valence electrons. The molecule has 0 aliphatic heterocycles. The average Bonchev–Trinajstić information content (AvgIpc) is 2.51. The van der Waals surface area contributed by atoms with Crippen molar-refractivity contribution < 1.29 is 14.1 Å². The molecular weight excluding hydrogens is 158 g/mol. The van der Waals surface area contributed by atoms with Crippen molar-refractivity contribution in [1.82, 2.24) is 5.16 Å². The molecule has 0 fully saturated rings. The van der Waals surface area contributed by atoms with Gasteiger partial charge in [0.05, 0.1) is 7.11 Å². The van der Waals surface area contributed by atoms with Crippen molar-refractivity contribution >= 4 is 5.97 Å². The Morgan fingerprint density at radius 3 is 2.75 bits per heavy atom. The largest absolute Gasteiger partial charge is 0.464 e. The fourth-order valence-electron chi connectivity index (χ4n) is 0.762. The number of hydrogen-bond acceptors (Lipinski definition) is 4. The predicted molar refractivity (Wildman–Crippen MR) is 41.9 cm³/mol. The first-order chi connectivity index (χ1) is 5.65. The fraction of sp³-hybridized carbons (Fsp3) is 0.500. The summed E-state index contributed by atoms with van der Waals surface area (Å²) in [5, 5.41) is 3.56. The monoisotopic (exact) mass is 169 g/mol. The van der Waals surface area contributed by atoms with Crippen LogP contribution in [0.5, 0.6) is 0 Å². The molecule has 0 aliphatic rings. The molecule has 0 N–H and O–H groups in total. The van der Waals surface area contributed by atoms with Gasteiger partial charge in [0.25, 0.3) is 0 Å². The molecule has 1 aromatic rings. The first-order valence-electron chi connectivity index (χ1n) is 3.70. The van der Waals surface area contributed by atoms with Crippen molar-refractivity contribution in [2.45, 2.75) is 19.8 Å². The maximum Gasteiger partial charge on any atom is 0.360 e. The summed E-state index contributed by atoms with van der Waals surface area (Å²) in [4.78, 5) is 10.9. The molecule has 0 saturated carbocycles. The highest BCUT2D eigenvalue weighted by molar-refractivity contribution is 5.86. The predicted octanol–water partition coefficient (Wildman–Crippen LogP) is 1.58. The Labute approximate surface area is 70.5 Å². The molecule has 1 aromatic heterocycles. The molecule has 1 heterocycles. The summed E-state index contributed by atoms with van der Waals surface area (Å²) in [6, 6.07) is 1.59. The summed E-state index contributed by atoms with van der Waals surface area (Å²) >= 11 is 0. The molecule has 0 amide bonds. The van der Waals surface area contributed by atoms with Gasteiger partial charge in [-0.2, -0.15) is 0 Å². The zero-order valence-electron chi connectivity index (χ0n) is 7.33. The van der Waals surface area contributed by atoms with Gasteiger partial charge in [-0.25, -0.2) is 4.79 Å². The average molecular weight is 169 g/mol. The highest BCUT2D eigenvalue weighted by Gasteiger charge is 2.13. The van der Waals surface area contributed by atoms with E-state index < -0.39 is 5.97 Å². The summed E-state index contributed by atoms with van der Waals surface area (Å²) in [5.74, 6) is 0.456. The van der Waals surface area contributed by atoms with Crippen LogP contribution in [0.1, 0.15) is 36.0 Å². The molecular formula is C8H11NO3. The second-order valence-electron chi connectivity index (χ2n) is 2.76. The molecule has 1 rings (SSSR count). The SMILES string of the molecule is COC(=O)c1cc(C(C)C)on1. The minimum atomic E-state index is -0.467. The van der Waals surface area contributed by atoms with Gasteiger partial charge < -0.3 is 9.26 Å². The van der Waals surface area contributed by atoms with Crippen molar-refractivity contribution in [1.29, 1.82) is 0 Å². The van der Waals surface area contributed by atoms with Gasteiger partial charge in [-0.3, -0.25) is 0 Å². The number of aromatic nitrogens is 1. The highest BCUT2D eigenvalue weighted by Crippen LogP contribution is 2.15. The van der Waals surface area contributed by atoms with Crippen molar-refractivity contribution in [3.63, 3.8) is 0 Å². The lowest BCUT2D eigenvalue weighted by Gasteiger charge is -1.93. The Hall–Kier alpha value is -1.32. The topological polar surface area (TPSA) is 52.3 Å². The zero-order chi connectivity index (χ0) is 9.14. The number of rotatable bonds is 2. The molecule has 0 aromatic carbocycles. The van der Waals surface area contributed by atoms with E-state index in [9.17, 15) is 4.79 Å². The maximum atomic E-state index is 10.9. The molecule has 4 nitrogen and oxygen atoms in total. The van der Waals surface area contributed by atoms with Gasteiger partial charge in [0.1, 0.15) is 5.76 Å². The zero-order valence-corrected chi connectivity index (χ0v) is 7.33. The van der Waals surface area contributed by atoms with Gasteiger partial charge >= 0.3 is 5.97 Å². The summed E-state index contributed by atoms with van der Waals surface area (Å²) in [7, 11) is 1.31. The third-order valence-corrected chi connectivity index (χ3v) is 1.49. The van der Waals surface area contributed by atoms with E-state index in [1.807, 2.05) is 13.8 Å². The number of esters is 1. The van der Waals surface area contributed by atoms with E-state index in [4.69, 9.17) is 4.52 Å². The van der Waals surface area contributed by atoms with E-state index in [0.29, 0.717) is 5.76 Å². The number of carbonyl (C=O) groups is 1. The molecule has 0 saturated heterocycles. The van der Waals surface area contributed by atoms with E-state index in [0.717, 1.165) is 0 Å². The Kier molecular flexibility index (Phi) is 2.47. The summed E-state index contributed by atoms with van der Waals surface area (Å²) in [5.41, 5.74) is 0.223. The van der Waals surface area contributed by atoms with Crippen LogP contribution in [0.2, 0.25) is 0 Å². The fourth-order valence-corrected chi connectivity index (χ4v) is 0.762.